The molecule has 1 aliphatic rings. The van der Waals surface area contributed by atoms with Crippen LogP contribution in [0.15, 0.2) is 0 Å². The van der Waals surface area contributed by atoms with E-state index in [-0.39, 0.29) is 5.60 Å². The third kappa shape index (κ3) is 3.82. The summed E-state index contributed by atoms with van der Waals surface area (Å²) in [4.78, 5) is 0. The maximum absolute atomic E-state index is 6.47. The Labute approximate surface area is 109 Å². The van der Waals surface area contributed by atoms with Gasteiger partial charge in [0.1, 0.15) is 0 Å². The van der Waals surface area contributed by atoms with Crippen molar-refractivity contribution in [1.82, 2.24) is 0 Å². The van der Waals surface area contributed by atoms with Gasteiger partial charge in [-0.3, -0.25) is 0 Å². The van der Waals surface area contributed by atoms with Crippen LogP contribution in [0.4, 0.5) is 0 Å². The molecule has 0 bridgehead atoms. The lowest BCUT2D eigenvalue weighted by atomic mass is 9.70. The maximum atomic E-state index is 6.47. The van der Waals surface area contributed by atoms with Gasteiger partial charge in [-0.1, -0.05) is 39.5 Å². The van der Waals surface area contributed by atoms with Gasteiger partial charge < -0.3 is 4.43 Å². The molecule has 0 N–H and O–H groups in total. The normalized spacial score (nSPS) is 31.4. The molecule has 102 valence electrons. The van der Waals surface area contributed by atoms with Gasteiger partial charge in [-0.25, -0.2) is 0 Å². The molecule has 0 saturated carbocycles. The van der Waals surface area contributed by atoms with E-state index < -0.39 is 8.32 Å². The quantitative estimate of drug-likeness (QED) is 0.475. The largest absolute Gasteiger partial charge is 0.412 e. The second-order valence-corrected chi connectivity index (χ2v) is 11.5. The van der Waals surface area contributed by atoms with Crippen LogP contribution in [0.5, 0.6) is 0 Å². The molecule has 0 radical (unpaired) electrons. The van der Waals surface area contributed by atoms with Crippen LogP contribution < -0.4 is 0 Å². The van der Waals surface area contributed by atoms with Gasteiger partial charge in [-0.05, 0) is 51.2 Å². The van der Waals surface area contributed by atoms with Crippen molar-refractivity contribution in [2.45, 2.75) is 91.0 Å². The van der Waals surface area contributed by atoms with E-state index in [2.05, 4.69) is 40.8 Å². The minimum atomic E-state index is -1.37. The highest BCUT2D eigenvalue weighted by atomic mass is 28.4. The fourth-order valence-corrected chi connectivity index (χ4v) is 5.99. The molecule has 0 amide bonds. The molecular weight excluding hydrogens is 224 g/mol. The van der Waals surface area contributed by atoms with Crippen LogP contribution in [0.2, 0.25) is 19.1 Å². The molecule has 1 rings (SSSR count). The standard InChI is InChI=1S/C15H32OSi/c1-7-8-9-10-11-15(4)12-13-17(5,6)16-14(15,2)3/h7-13H2,1-6H3. The Morgan fingerprint density at radius 2 is 1.71 bits per heavy atom. The first-order chi connectivity index (χ1) is 7.72. The smallest absolute Gasteiger partial charge is 0.187 e. The van der Waals surface area contributed by atoms with E-state index in [1.54, 1.807) is 0 Å². The van der Waals surface area contributed by atoms with E-state index in [1.807, 2.05) is 0 Å². The molecule has 17 heavy (non-hydrogen) atoms. The van der Waals surface area contributed by atoms with Crippen LogP contribution in [0.1, 0.15) is 66.2 Å². The zero-order chi connectivity index (χ0) is 13.2. The first kappa shape index (κ1) is 15.2. The van der Waals surface area contributed by atoms with Crippen molar-refractivity contribution < 1.29 is 4.43 Å². The minimum Gasteiger partial charge on any atom is -0.412 e. The van der Waals surface area contributed by atoms with Crippen molar-refractivity contribution >= 4 is 8.32 Å². The molecule has 1 atom stereocenters. The molecule has 0 spiro atoms. The zero-order valence-electron chi connectivity index (χ0n) is 12.9. The first-order valence-corrected chi connectivity index (χ1v) is 10.5. The summed E-state index contributed by atoms with van der Waals surface area (Å²) >= 11 is 0. The summed E-state index contributed by atoms with van der Waals surface area (Å²) in [5.74, 6) is 0. The molecule has 1 fully saturated rings. The summed E-state index contributed by atoms with van der Waals surface area (Å²) in [6.07, 6.45) is 8.19. The van der Waals surface area contributed by atoms with E-state index in [0.29, 0.717) is 5.41 Å². The predicted octanol–water partition coefficient (Wildman–Crippen LogP) is 5.37. The third-order valence-electron chi connectivity index (χ3n) is 4.85. The molecule has 1 heterocycles. The van der Waals surface area contributed by atoms with Gasteiger partial charge in [0.25, 0.3) is 0 Å². The van der Waals surface area contributed by atoms with Gasteiger partial charge in [-0.15, -0.1) is 0 Å². The Morgan fingerprint density at radius 3 is 2.24 bits per heavy atom. The summed E-state index contributed by atoms with van der Waals surface area (Å²) < 4.78 is 6.47. The molecule has 0 aromatic rings. The SMILES string of the molecule is CCCCCCC1(C)CC[Si](C)(C)OC1(C)C. The highest BCUT2D eigenvalue weighted by molar-refractivity contribution is 6.71. The predicted molar refractivity (Wildman–Crippen MR) is 78.9 cm³/mol. The molecule has 0 aromatic carbocycles. The first-order valence-electron chi connectivity index (χ1n) is 7.43. The van der Waals surface area contributed by atoms with Crippen molar-refractivity contribution in [3.8, 4) is 0 Å². The highest BCUT2D eigenvalue weighted by Crippen LogP contribution is 2.49. The topological polar surface area (TPSA) is 9.23 Å². The van der Waals surface area contributed by atoms with Crippen molar-refractivity contribution in [2.24, 2.45) is 5.41 Å². The molecule has 1 saturated heterocycles. The molecular formula is C15H32OSi. The van der Waals surface area contributed by atoms with E-state index in [0.717, 1.165) is 0 Å². The second-order valence-electron chi connectivity index (χ2n) is 7.24. The van der Waals surface area contributed by atoms with E-state index in [1.165, 1.54) is 44.6 Å². The monoisotopic (exact) mass is 256 g/mol. The average molecular weight is 257 g/mol. The fourth-order valence-electron chi connectivity index (χ4n) is 3.11. The molecule has 0 aliphatic carbocycles. The summed E-state index contributed by atoms with van der Waals surface area (Å²) in [6.45, 7) is 14.1. The summed E-state index contributed by atoms with van der Waals surface area (Å²) in [5.41, 5.74) is 0.469. The van der Waals surface area contributed by atoms with Crippen LogP contribution in [-0.4, -0.2) is 13.9 Å². The van der Waals surface area contributed by atoms with Gasteiger partial charge in [0, 0.05) is 0 Å². The number of rotatable bonds is 5. The molecule has 1 nitrogen and oxygen atoms in total. The minimum absolute atomic E-state index is 0.0766. The van der Waals surface area contributed by atoms with E-state index in [9.17, 15) is 0 Å². The lowest BCUT2D eigenvalue weighted by Gasteiger charge is -2.53. The van der Waals surface area contributed by atoms with Gasteiger partial charge in [0.2, 0.25) is 0 Å². The van der Waals surface area contributed by atoms with Crippen molar-refractivity contribution in [3.63, 3.8) is 0 Å². The Balaban J connectivity index is 2.56. The molecule has 1 unspecified atom stereocenters. The average Bonchev–Trinajstić information content (AvgIpc) is 2.18. The molecule has 1 aliphatic heterocycles. The maximum Gasteiger partial charge on any atom is 0.187 e. The van der Waals surface area contributed by atoms with Gasteiger partial charge >= 0.3 is 0 Å². The summed E-state index contributed by atoms with van der Waals surface area (Å²) in [5, 5.41) is 0. The van der Waals surface area contributed by atoms with Crippen LogP contribution in [-0.2, 0) is 4.43 Å². The third-order valence-corrected chi connectivity index (χ3v) is 7.36. The Kier molecular flexibility index (Phi) is 4.87. The van der Waals surface area contributed by atoms with Gasteiger partial charge in [0.15, 0.2) is 8.32 Å². The van der Waals surface area contributed by atoms with Crippen LogP contribution in [0.3, 0.4) is 0 Å². The van der Waals surface area contributed by atoms with Gasteiger partial charge in [0.05, 0.1) is 5.60 Å². The van der Waals surface area contributed by atoms with E-state index >= 15 is 0 Å². The zero-order valence-corrected chi connectivity index (χ0v) is 13.9. The summed E-state index contributed by atoms with van der Waals surface area (Å²) in [6, 6.07) is 1.33. The fraction of sp³-hybridized carbons (Fsp3) is 1.00. The number of hydrogen-bond donors (Lipinski definition) is 0. The number of unbranched alkanes of at least 4 members (excludes halogenated alkanes) is 3. The Hall–Kier alpha value is 0.177. The van der Waals surface area contributed by atoms with Gasteiger partial charge in [-0.2, -0.15) is 0 Å². The van der Waals surface area contributed by atoms with Crippen LogP contribution in [0, 0.1) is 5.41 Å². The number of hydrogen-bond acceptors (Lipinski definition) is 1. The van der Waals surface area contributed by atoms with Crippen molar-refractivity contribution in [2.75, 3.05) is 0 Å². The van der Waals surface area contributed by atoms with E-state index in [4.69, 9.17) is 4.43 Å². The highest BCUT2D eigenvalue weighted by Gasteiger charge is 2.49. The second kappa shape index (κ2) is 5.44. The van der Waals surface area contributed by atoms with Crippen molar-refractivity contribution in [1.29, 1.82) is 0 Å². The molecule has 0 aromatic heterocycles. The molecule has 2 heteroatoms. The Morgan fingerprint density at radius 1 is 1.06 bits per heavy atom. The lowest BCUT2D eigenvalue weighted by Crippen LogP contribution is -2.55. The Bertz CT molecular complexity index is 247. The summed E-state index contributed by atoms with van der Waals surface area (Å²) in [7, 11) is -1.37. The van der Waals surface area contributed by atoms with Crippen molar-refractivity contribution in [3.05, 3.63) is 0 Å². The van der Waals surface area contributed by atoms with Crippen LogP contribution >= 0.6 is 0 Å². The lowest BCUT2D eigenvalue weighted by molar-refractivity contribution is -0.0566. The van der Waals surface area contributed by atoms with Crippen LogP contribution in [0.25, 0.3) is 0 Å².